The van der Waals surface area contributed by atoms with Gasteiger partial charge in [0, 0.05) is 6.54 Å². The largest absolute Gasteiger partial charge is 0.462 e. The van der Waals surface area contributed by atoms with E-state index in [1.807, 2.05) is 0 Å². The van der Waals surface area contributed by atoms with Gasteiger partial charge in [-0.1, -0.05) is 54.4 Å². The number of aromatic nitrogens is 2. The van der Waals surface area contributed by atoms with Crippen LogP contribution >= 0.6 is 46.3 Å². The van der Waals surface area contributed by atoms with E-state index in [-0.39, 0.29) is 30.4 Å². The van der Waals surface area contributed by atoms with Crippen LogP contribution in [0.25, 0.3) is 10.2 Å². The van der Waals surface area contributed by atoms with Gasteiger partial charge in [-0.15, -0.1) is 11.3 Å². The summed E-state index contributed by atoms with van der Waals surface area (Å²) in [4.78, 5) is 43.7. The summed E-state index contributed by atoms with van der Waals surface area (Å²) in [5.74, 6) is -0.510. The van der Waals surface area contributed by atoms with Gasteiger partial charge < -0.3 is 10.1 Å². The number of ether oxygens (including phenoxy) is 1. The van der Waals surface area contributed by atoms with Crippen LogP contribution in [-0.2, 0) is 16.1 Å². The fourth-order valence-corrected chi connectivity index (χ4v) is 5.51. The van der Waals surface area contributed by atoms with E-state index in [9.17, 15) is 14.4 Å². The highest BCUT2D eigenvalue weighted by Gasteiger charge is 2.23. The SMILES string of the molecule is CCCCNC(=O)CSc1nc2sc(C(=O)OCC)c(C)c2c(=O)n1Cc1ccc(Cl)c(Cl)c1. The normalized spacial score (nSPS) is 11.1. The zero-order valence-electron chi connectivity index (χ0n) is 19.1. The first-order valence-electron chi connectivity index (χ1n) is 10.8. The summed E-state index contributed by atoms with van der Waals surface area (Å²) in [6.45, 7) is 6.51. The van der Waals surface area contributed by atoms with Gasteiger partial charge in [0.1, 0.15) is 9.71 Å². The van der Waals surface area contributed by atoms with Crippen molar-refractivity contribution in [3.63, 3.8) is 0 Å². The number of carbonyl (C=O) groups is 2. The zero-order chi connectivity index (χ0) is 24.8. The molecule has 2 aromatic heterocycles. The van der Waals surface area contributed by atoms with E-state index >= 15 is 0 Å². The molecule has 0 saturated carbocycles. The molecule has 0 unspecified atom stereocenters. The predicted molar refractivity (Wildman–Crippen MR) is 139 cm³/mol. The summed E-state index contributed by atoms with van der Waals surface area (Å²) in [5.41, 5.74) is 0.993. The predicted octanol–water partition coefficient (Wildman–Crippen LogP) is 5.31. The van der Waals surface area contributed by atoms with Gasteiger partial charge in [0.15, 0.2) is 5.16 Å². The molecule has 11 heteroatoms. The number of carbonyl (C=O) groups excluding carboxylic acids is 2. The van der Waals surface area contributed by atoms with E-state index < -0.39 is 5.97 Å². The molecule has 0 spiro atoms. The fourth-order valence-electron chi connectivity index (χ4n) is 3.25. The van der Waals surface area contributed by atoms with E-state index in [0.717, 1.165) is 29.7 Å². The topological polar surface area (TPSA) is 90.3 Å². The van der Waals surface area contributed by atoms with Crippen LogP contribution in [0.15, 0.2) is 28.2 Å². The molecule has 0 radical (unpaired) electrons. The molecule has 2 heterocycles. The van der Waals surface area contributed by atoms with Crippen LogP contribution in [0.4, 0.5) is 0 Å². The van der Waals surface area contributed by atoms with Gasteiger partial charge in [0.25, 0.3) is 5.56 Å². The lowest BCUT2D eigenvalue weighted by molar-refractivity contribution is -0.118. The van der Waals surface area contributed by atoms with E-state index in [0.29, 0.717) is 42.4 Å². The third-order valence-electron chi connectivity index (χ3n) is 4.99. The minimum atomic E-state index is -0.483. The van der Waals surface area contributed by atoms with Crippen LogP contribution in [-0.4, -0.2) is 40.3 Å². The minimum Gasteiger partial charge on any atom is -0.462 e. The van der Waals surface area contributed by atoms with Crippen molar-refractivity contribution in [2.24, 2.45) is 0 Å². The number of unbranched alkanes of at least 4 members (excludes halogenated alkanes) is 1. The summed E-state index contributed by atoms with van der Waals surface area (Å²) in [5, 5.41) is 4.40. The molecule has 0 atom stereocenters. The van der Waals surface area contributed by atoms with Crippen molar-refractivity contribution in [1.82, 2.24) is 14.9 Å². The molecular formula is C23H25Cl2N3O4S2. The highest BCUT2D eigenvalue weighted by molar-refractivity contribution is 7.99. The Kier molecular flexibility index (Phi) is 9.41. The van der Waals surface area contributed by atoms with Crippen LogP contribution in [0.2, 0.25) is 10.0 Å². The Morgan fingerprint density at radius 2 is 2.00 bits per heavy atom. The standard InChI is InChI=1S/C23H25Cl2N3O4S2/c1-4-6-9-26-17(29)12-33-23-27-20-18(13(3)19(34-20)22(31)32-5-2)21(30)28(23)11-14-7-8-15(24)16(25)10-14/h7-8,10H,4-6,9,11-12H2,1-3H3,(H,26,29). The van der Waals surface area contributed by atoms with Crippen molar-refractivity contribution >= 4 is 68.4 Å². The third kappa shape index (κ3) is 6.13. The van der Waals surface area contributed by atoms with Crippen LogP contribution in [0.1, 0.15) is 47.5 Å². The maximum absolute atomic E-state index is 13.6. The Balaban J connectivity index is 2.04. The van der Waals surface area contributed by atoms with Gasteiger partial charge in [-0.3, -0.25) is 14.2 Å². The molecule has 34 heavy (non-hydrogen) atoms. The highest BCUT2D eigenvalue weighted by atomic mass is 35.5. The Bertz CT molecular complexity index is 1270. The Morgan fingerprint density at radius 3 is 2.68 bits per heavy atom. The first-order valence-corrected chi connectivity index (χ1v) is 13.4. The summed E-state index contributed by atoms with van der Waals surface area (Å²) in [6.07, 6.45) is 1.88. The number of nitrogens with zero attached hydrogens (tertiary/aromatic N) is 2. The van der Waals surface area contributed by atoms with Crippen LogP contribution < -0.4 is 10.9 Å². The molecule has 1 aromatic carbocycles. The molecule has 182 valence electrons. The number of nitrogens with one attached hydrogen (secondary N) is 1. The Labute approximate surface area is 215 Å². The number of hydrogen-bond acceptors (Lipinski definition) is 7. The monoisotopic (exact) mass is 541 g/mol. The lowest BCUT2D eigenvalue weighted by Crippen LogP contribution is -2.28. The number of amides is 1. The summed E-state index contributed by atoms with van der Waals surface area (Å²) in [6, 6.07) is 5.14. The van der Waals surface area contributed by atoms with E-state index in [2.05, 4.69) is 17.2 Å². The van der Waals surface area contributed by atoms with Crippen molar-refractivity contribution in [3.8, 4) is 0 Å². The quantitative estimate of drug-likeness (QED) is 0.162. The van der Waals surface area contributed by atoms with Crippen molar-refractivity contribution in [2.75, 3.05) is 18.9 Å². The number of hydrogen-bond donors (Lipinski definition) is 1. The van der Waals surface area contributed by atoms with Crippen molar-refractivity contribution in [2.45, 2.75) is 45.3 Å². The van der Waals surface area contributed by atoms with Crippen molar-refractivity contribution in [1.29, 1.82) is 0 Å². The second-order valence-electron chi connectivity index (χ2n) is 7.48. The highest BCUT2D eigenvalue weighted by Crippen LogP contribution is 2.30. The molecule has 0 fully saturated rings. The number of esters is 1. The summed E-state index contributed by atoms with van der Waals surface area (Å²) >= 11 is 14.5. The molecule has 0 aliphatic rings. The van der Waals surface area contributed by atoms with Gasteiger partial charge in [-0.25, -0.2) is 9.78 Å². The average molecular weight is 543 g/mol. The molecule has 3 aromatic rings. The number of thioether (sulfide) groups is 1. The molecule has 0 saturated heterocycles. The maximum atomic E-state index is 13.6. The second-order valence-corrected chi connectivity index (χ2v) is 10.2. The van der Waals surface area contributed by atoms with Crippen LogP contribution in [0.3, 0.4) is 0 Å². The van der Waals surface area contributed by atoms with Gasteiger partial charge in [-0.2, -0.15) is 0 Å². The van der Waals surface area contributed by atoms with E-state index in [4.69, 9.17) is 27.9 Å². The Morgan fingerprint density at radius 1 is 1.24 bits per heavy atom. The summed E-state index contributed by atoms with van der Waals surface area (Å²) in [7, 11) is 0. The van der Waals surface area contributed by atoms with Gasteiger partial charge >= 0.3 is 5.97 Å². The van der Waals surface area contributed by atoms with Crippen molar-refractivity contribution in [3.05, 3.63) is 54.6 Å². The number of aryl methyl sites for hydroxylation is 1. The fraction of sp³-hybridized carbons (Fsp3) is 0.391. The number of rotatable bonds is 10. The molecule has 1 N–H and O–H groups in total. The van der Waals surface area contributed by atoms with Gasteiger partial charge in [0.2, 0.25) is 5.91 Å². The molecule has 3 rings (SSSR count). The van der Waals surface area contributed by atoms with Gasteiger partial charge in [-0.05, 0) is 43.5 Å². The molecule has 0 aliphatic carbocycles. The van der Waals surface area contributed by atoms with Crippen molar-refractivity contribution < 1.29 is 14.3 Å². The van der Waals surface area contributed by atoms with E-state index in [1.54, 1.807) is 32.0 Å². The zero-order valence-corrected chi connectivity index (χ0v) is 22.2. The van der Waals surface area contributed by atoms with Crippen LogP contribution in [0.5, 0.6) is 0 Å². The molecule has 1 amide bonds. The number of thiophene rings is 1. The minimum absolute atomic E-state index is 0.109. The number of benzene rings is 1. The van der Waals surface area contributed by atoms with E-state index in [1.165, 1.54) is 16.3 Å². The second kappa shape index (κ2) is 12.1. The maximum Gasteiger partial charge on any atom is 0.348 e. The third-order valence-corrected chi connectivity index (χ3v) is 7.87. The molecule has 7 nitrogen and oxygen atoms in total. The lowest BCUT2D eigenvalue weighted by Gasteiger charge is -2.13. The first kappa shape index (κ1) is 26.5. The number of halogens is 2. The summed E-state index contributed by atoms with van der Waals surface area (Å²) < 4.78 is 6.63. The Hall–Kier alpha value is -2.07. The molecule has 0 aliphatic heterocycles. The first-order chi connectivity index (χ1) is 16.3. The molecule has 0 bridgehead atoms. The van der Waals surface area contributed by atoms with Crippen LogP contribution in [0, 0.1) is 6.92 Å². The number of fused-ring (bicyclic) bond motifs is 1. The lowest BCUT2D eigenvalue weighted by atomic mass is 10.2. The van der Waals surface area contributed by atoms with Gasteiger partial charge in [0.05, 0.1) is 34.3 Å². The average Bonchev–Trinajstić information content (AvgIpc) is 3.13. The smallest absolute Gasteiger partial charge is 0.348 e. The molecular weight excluding hydrogens is 517 g/mol.